The summed E-state index contributed by atoms with van der Waals surface area (Å²) in [5.74, 6) is 1.20. The van der Waals surface area contributed by atoms with Crippen LogP contribution in [0.3, 0.4) is 0 Å². The number of halogens is 1. The number of hydrogen-bond donors (Lipinski definition) is 0. The molecule has 0 saturated carbocycles. The van der Waals surface area contributed by atoms with Gasteiger partial charge in [0.25, 0.3) is 0 Å². The summed E-state index contributed by atoms with van der Waals surface area (Å²) < 4.78 is 5.68. The maximum atomic E-state index is 5.82. The Kier molecular flexibility index (Phi) is 4.63. The highest BCUT2D eigenvalue weighted by Gasteiger charge is 2.11. The number of pyridine rings is 1. The molecule has 0 aliphatic carbocycles. The molecule has 1 aromatic rings. The molecule has 94 valence electrons. The van der Waals surface area contributed by atoms with Crippen molar-refractivity contribution in [1.29, 1.82) is 0 Å². The van der Waals surface area contributed by atoms with E-state index in [0.29, 0.717) is 18.4 Å². The van der Waals surface area contributed by atoms with Crippen molar-refractivity contribution in [2.24, 2.45) is 0 Å². The molecule has 3 nitrogen and oxygen atoms in total. The standard InChI is InChI=1S/C13H19ClN2O/c1-11-8-12(10-14)9-13(15-11)17-7-6-16-4-2-3-5-16/h8-9H,2-7,10H2,1H3. The molecular weight excluding hydrogens is 236 g/mol. The summed E-state index contributed by atoms with van der Waals surface area (Å²) in [5.41, 5.74) is 2.02. The largest absolute Gasteiger partial charge is 0.476 e. The Morgan fingerprint density at radius 2 is 2.12 bits per heavy atom. The van der Waals surface area contributed by atoms with Crippen LogP contribution in [0.25, 0.3) is 0 Å². The molecule has 1 saturated heterocycles. The molecule has 0 aromatic carbocycles. The van der Waals surface area contributed by atoms with Gasteiger partial charge in [0.2, 0.25) is 5.88 Å². The average molecular weight is 255 g/mol. The van der Waals surface area contributed by atoms with Gasteiger partial charge in [0.15, 0.2) is 0 Å². The van der Waals surface area contributed by atoms with E-state index < -0.39 is 0 Å². The van der Waals surface area contributed by atoms with Crippen LogP contribution in [0.4, 0.5) is 0 Å². The van der Waals surface area contributed by atoms with E-state index in [2.05, 4.69) is 9.88 Å². The van der Waals surface area contributed by atoms with E-state index in [1.54, 1.807) is 0 Å². The van der Waals surface area contributed by atoms with E-state index in [0.717, 1.165) is 17.8 Å². The molecule has 0 spiro atoms. The monoisotopic (exact) mass is 254 g/mol. The molecule has 4 heteroatoms. The van der Waals surface area contributed by atoms with Crippen molar-refractivity contribution in [2.75, 3.05) is 26.2 Å². The fraction of sp³-hybridized carbons (Fsp3) is 0.615. The normalized spacial score (nSPS) is 16.4. The quantitative estimate of drug-likeness (QED) is 0.756. The Morgan fingerprint density at radius 3 is 2.82 bits per heavy atom. The van der Waals surface area contributed by atoms with Gasteiger partial charge in [-0.25, -0.2) is 4.98 Å². The molecule has 0 atom stereocenters. The zero-order valence-corrected chi connectivity index (χ0v) is 11.0. The van der Waals surface area contributed by atoms with E-state index in [4.69, 9.17) is 16.3 Å². The minimum absolute atomic E-state index is 0.506. The van der Waals surface area contributed by atoms with Crippen LogP contribution in [0.1, 0.15) is 24.1 Å². The van der Waals surface area contributed by atoms with Crippen LogP contribution in [0.2, 0.25) is 0 Å². The Hall–Kier alpha value is -0.800. The molecular formula is C13H19ClN2O. The number of likely N-dealkylation sites (tertiary alicyclic amines) is 1. The molecule has 17 heavy (non-hydrogen) atoms. The highest BCUT2D eigenvalue weighted by molar-refractivity contribution is 6.17. The summed E-state index contributed by atoms with van der Waals surface area (Å²) in [6.45, 7) is 6.07. The Bertz CT molecular complexity index is 364. The summed E-state index contributed by atoms with van der Waals surface area (Å²) in [7, 11) is 0. The van der Waals surface area contributed by atoms with Gasteiger partial charge in [-0.2, -0.15) is 0 Å². The van der Waals surface area contributed by atoms with Gasteiger partial charge < -0.3 is 4.74 Å². The predicted molar refractivity (Wildman–Crippen MR) is 69.7 cm³/mol. The van der Waals surface area contributed by atoms with Gasteiger partial charge >= 0.3 is 0 Å². The lowest BCUT2D eigenvalue weighted by Gasteiger charge is -2.14. The van der Waals surface area contributed by atoms with Gasteiger partial charge in [0.05, 0.1) is 0 Å². The first-order valence-electron chi connectivity index (χ1n) is 6.16. The lowest BCUT2D eigenvalue weighted by molar-refractivity contribution is 0.231. The maximum Gasteiger partial charge on any atom is 0.213 e. The lowest BCUT2D eigenvalue weighted by Crippen LogP contribution is -2.25. The molecule has 2 heterocycles. The van der Waals surface area contributed by atoms with Gasteiger partial charge in [-0.15, -0.1) is 11.6 Å². The van der Waals surface area contributed by atoms with Crippen molar-refractivity contribution < 1.29 is 4.74 Å². The van der Waals surface area contributed by atoms with Gasteiger partial charge in [0.1, 0.15) is 6.61 Å². The van der Waals surface area contributed by atoms with Gasteiger partial charge in [-0.3, -0.25) is 4.90 Å². The molecule has 0 bridgehead atoms. The van der Waals surface area contributed by atoms with Crippen LogP contribution in [0.15, 0.2) is 12.1 Å². The molecule has 0 N–H and O–H groups in total. The highest BCUT2D eigenvalue weighted by atomic mass is 35.5. The van der Waals surface area contributed by atoms with Gasteiger partial charge in [-0.05, 0) is 44.5 Å². The summed E-state index contributed by atoms with van der Waals surface area (Å²) in [4.78, 5) is 6.78. The smallest absolute Gasteiger partial charge is 0.213 e. The number of rotatable bonds is 5. The second-order valence-corrected chi connectivity index (χ2v) is 4.75. The van der Waals surface area contributed by atoms with Crippen LogP contribution < -0.4 is 4.74 Å². The summed E-state index contributed by atoms with van der Waals surface area (Å²) in [6, 6.07) is 3.91. The fourth-order valence-electron chi connectivity index (χ4n) is 2.14. The van der Waals surface area contributed by atoms with Gasteiger partial charge in [0, 0.05) is 24.2 Å². The molecule has 1 aromatic heterocycles. The molecule has 1 aliphatic rings. The summed E-state index contributed by atoms with van der Waals surface area (Å²) in [5, 5.41) is 0. The van der Waals surface area contributed by atoms with E-state index >= 15 is 0 Å². The SMILES string of the molecule is Cc1cc(CCl)cc(OCCN2CCCC2)n1. The van der Waals surface area contributed by atoms with Crippen LogP contribution in [-0.2, 0) is 5.88 Å². The summed E-state index contributed by atoms with van der Waals surface area (Å²) >= 11 is 5.82. The van der Waals surface area contributed by atoms with Crippen LogP contribution >= 0.6 is 11.6 Å². The first kappa shape index (κ1) is 12.7. The number of ether oxygens (including phenoxy) is 1. The topological polar surface area (TPSA) is 25.4 Å². The van der Waals surface area contributed by atoms with E-state index in [1.165, 1.54) is 25.9 Å². The van der Waals surface area contributed by atoms with Gasteiger partial charge in [-0.1, -0.05) is 0 Å². The molecule has 2 rings (SSSR count). The minimum atomic E-state index is 0.506. The molecule has 1 aliphatic heterocycles. The third-order valence-electron chi connectivity index (χ3n) is 3.00. The van der Waals surface area contributed by atoms with Crippen LogP contribution in [0.5, 0.6) is 5.88 Å². The van der Waals surface area contributed by atoms with Crippen molar-refractivity contribution in [3.05, 3.63) is 23.4 Å². The first-order valence-corrected chi connectivity index (χ1v) is 6.70. The van der Waals surface area contributed by atoms with Crippen molar-refractivity contribution in [3.8, 4) is 5.88 Å². The fourth-order valence-corrected chi connectivity index (χ4v) is 2.30. The summed E-state index contributed by atoms with van der Waals surface area (Å²) in [6.07, 6.45) is 2.64. The van der Waals surface area contributed by atoms with Crippen molar-refractivity contribution in [1.82, 2.24) is 9.88 Å². The zero-order valence-electron chi connectivity index (χ0n) is 10.3. The van der Waals surface area contributed by atoms with E-state index in [-0.39, 0.29) is 0 Å². The predicted octanol–water partition coefficient (Wildman–Crippen LogP) is 2.60. The van der Waals surface area contributed by atoms with Crippen LogP contribution in [0, 0.1) is 6.92 Å². The number of aromatic nitrogens is 1. The minimum Gasteiger partial charge on any atom is -0.476 e. The first-order chi connectivity index (χ1) is 8.28. The third kappa shape index (κ3) is 3.86. The second kappa shape index (κ2) is 6.22. The Morgan fingerprint density at radius 1 is 1.35 bits per heavy atom. The maximum absolute atomic E-state index is 5.82. The van der Waals surface area contributed by atoms with Crippen molar-refractivity contribution >= 4 is 11.6 Å². The number of aryl methyl sites for hydroxylation is 1. The Labute approximate surface area is 108 Å². The van der Waals surface area contributed by atoms with E-state index in [9.17, 15) is 0 Å². The van der Waals surface area contributed by atoms with Crippen LogP contribution in [-0.4, -0.2) is 36.1 Å². The molecule has 0 amide bonds. The number of nitrogens with zero attached hydrogens (tertiary/aromatic N) is 2. The Balaban J connectivity index is 1.83. The average Bonchev–Trinajstić information content (AvgIpc) is 2.81. The second-order valence-electron chi connectivity index (χ2n) is 4.49. The lowest BCUT2D eigenvalue weighted by atomic mass is 10.2. The highest BCUT2D eigenvalue weighted by Crippen LogP contribution is 2.14. The molecule has 0 radical (unpaired) electrons. The third-order valence-corrected chi connectivity index (χ3v) is 3.31. The number of hydrogen-bond acceptors (Lipinski definition) is 3. The zero-order chi connectivity index (χ0) is 12.1. The van der Waals surface area contributed by atoms with Crippen molar-refractivity contribution in [2.45, 2.75) is 25.6 Å². The number of alkyl halides is 1. The van der Waals surface area contributed by atoms with E-state index in [1.807, 2.05) is 19.1 Å². The van der Waals surface area contributed by atoms with Crippen molar-refractivity contribution in [3.63, 3.8) is 0 Å². The molecule has 1 fully saturated rings. The molecule has 0 unspecified atom stereocenters.